The molecule has 2 aliphatic carbocycles. The molecule has 1 saturated heterocycles. The Morgan fingerprint density at radius 3 is 2.53 bits per heavy atom. The van der Waals surface area contributed by atoms with Crippen molar-refractivity contribution in [3.05, 3.63) is 0 Å². The first-order valence-electron chi connectivity index (χ1n) is 7.88. The van der Waals surface area contributed by atoms with Crippen LogP contribution in [0.4, 0.5) is 0 Å². The molecular formula is C15H28N4. The van der Waals surface area contributed by atoms with Crippen LogP contribution in [0.2, 0.25) is 0 Å². The number of hydrogen-bond acceptors (Lipinski definition) is 2. The van der Waals surface area contributed by atoms with Gasteiger partial charge < -0.3 is 10.6 Å². The lowest BCUT2D eigenvalue weighted by atomic mass is 10.1. The Hall–Kier alpha value is -0.770. The Kier molecular flexibility index (Phi) is 3.70. The standard InChI is InChI=1S/C15H28N4/c1-10-6-12(10)7-17-15(16-3)18-14-9-19(8-11(14)2)13-4-5-13/h10-14H,4-9H2,1-3H3,(H2,16,17,18). The summed E-state index contributed by atoms with van der Waals surface area (Å²) in [6.45, 7) is 8.20. The van der Waals surface area contributed by atoms with Crippen LogP contribution in [-0.4, -0.2) is 49.6 Å². The van der Waals surface area contributed by atoms with Crippen LogP contribution in [0, 0.1) is 17.8 Å². The van der Waals surface area contributed by atoms with E-state index in [2.05, 4.69) is 34.4 Å². The smallest absolute Gasteiger partial charge is 0.191 e. The summed E-state index contributed by atoms with van der Waals surface area (Å²) in [4.78, 5) is 7.02. The van der Waals surface area contributed by atoms with Gasteiger partial charge in [0.15, 0.2) is 5.96 Å². The van der Waals surface area contributed by atoms with Gasteiger partial charge in [0, 0.05) is 38.8 Å². The van der Waals surface area contributed by atoms with E-state index in [4.69, 9.17) is 0 Å². The molecule has 0 radical (unpaired) electrons. The molecule has 3 aliphatic rings. The molecular weight excluding hydrogens is 236 g/mol. The van der Waals surface area contributed by atoms with Crippen molar-refractivity contribution in [2.45, 2.75) is 45.2 Å². The summed E-state index contributed by atoms with van der Waals surface area (Å²) in [5, 5.41) is 7.11. The molecule has 0 aromatic rings. The molecule has 4 nitrogen and oxygen atoms in total. The quantitative estimate of drug-likeness (QED) is 0.594. The van der Waals surface area contributed by atoms with E-state index in [0.717, 1.165) is 36.3 Å². The van der Waals surface area contributed by atoms with Gasteiger partial charge in [-0.3, -0.25) is 9.89 Å². The Bertz CT molecular complexity index is 350. The molecule has 1 aliphatic heterocycles. The molecule has 0 spiro atoms. The minimum absolute atomic E-state index is 0.559. The highest BCUT2D eigenvalue weighted by atomic mass is 15.3. The largest absolute Gasteiger partial charge is 0.356 e. The molecule has 4 heteroatoms. The van der Waals surface area contributed by atoms with Gasteiger partial charge in [-0.1, -0.05) is 13.8 Å². The van der Waals surface area contributed by atoms with E-state index in [0.29, 0.717) is 6.04 Å². The zero-order chi connectivity index (χ0) is 13.4. The monoisotopic (exact) mass is 264 g/mol. The first-order valence-corrected chi connectivity index (χ1v) is 7.88. The average molecular weight is 264 g/mol. The summed E-state index contributed by atoms with van der Waals surface area (Å²) in [5.74, 6) is 3.48. The van der Waals surface area contributed by atoms with Crippen LogP contribution in [0.5, 0.6) is 0 Å². The molecule has 0 aromatic heterocycles. The number of guanidine groups is 1. The second-order valence-electron chi connectivity index (χ2n) is 6.84. The third-order valence-electron chi connectivity index (χ3n) is 5.06. The van der Waals surface area contributed by atoms with Gasteiger partial charge in [-0.2, -0.15) is 0 Å². The SMILES string of the molecule is CN=C(NCC1CC1C)NC1CN(C2CC2)CC1C. The van der Waals surface area contributed by atoms with Gasteiger partial charge in [0.2, 0.25) is 0 Å². The topological polar surface area (TPSA) is 39.7 Å². The highest BCUT2D eigenvalue weighted by Gasteiger charge is 2.38. The third-order valence-corrected chi connectivity index (χ3v) is 5.06. The highest BCUT2D eigenvalue weighted by molar-refractivity contribution is 5.80. The van der Waals surface area contributed by atoms with E-state index in [1.807, 2.05) is 7.05 Å². The van der Waals surface area contributed by atoms with Gasteiger partial charge >= 0.3 is 0 Å². The van der Waals surface area contributed by atoms with Gasteiger partial charge in [0.1, 0.15) is 0 Å². The van der Waals surface area contributed by atoms with E-state index in [9.17, 15) is 0 Å². The van der Waals surface area contributed by atoms with E-state index in [1.165, 1.54) is 32.4 Å². The molecule has 3 fully saturated rings. The summed E-state index contributed by atoms with van der Waals surface area (Å²) in [6, 6.07) is 1.44. The number of nitrogens with one attached hydrogen (secondary N) is 2. The number of rotatable bonds is 4. The first-order chi connectivity index (χ1) is 9.17. The summed E-state index contributed by atoms with van der Waals surface area (Å²) >= 11 is 0. The van der Waals surface area contributed by atoms with E-state index >= 15 is 0 Å². The molecule has 0 bridgehead atoms. The van der Waals surface area contributed by atoms with Gasteiger partial charge in [0.25, 0.3) is 0 Å². The minimum Gasteiger partial charge on any atom is -0.356 e. The third kappa shape index (κ3) is 3.22. The molecule has 1 heterocycles. The first kappa shape index (κ1) is 13.2. The summed E-state index contributed by atoms with van der Waals surface area (Å²) in [7, 11) is 1.88. The van der Waals surface area contributed by atoms with Gasteiger partial charge in [-0.15, -0.1) is 0 Å². The van der Waals surface area contributed by atoms with Crippen molar-refractivity contribution < 1.29 is 0 Å². The molecule has 0 amide bonds. The van der Waals surface area contributed by atoms with Crippen LogP contribution in [0.15, 0.2) is 4.99 Å². The van der Waals surface area contributed by atoms with Crippen molar-refractivity contribution in [1.82, 2.24) is 15.5 Å². The lowest BCUT2D eigenvalue weighted by Crippen LogP contribution is -2.47. The fourth-order valence-electron chi connectivity index (χ4n) is 3.21. The maximum Gasteiger partial charge on any atom is 0.191 e. The molecule has 3 rings (SSSR count). The van der Waals surface area contributed by atoms with Crippen molar-refractivity contribution in [3.63, 3.8) is 0 Å². The zero-order valence-electron chi connectivity index (χ0n) is 12.5. The van der Waals surface area contributed by atoms with Crippen molar-refractivity contribution >= 4 is 5.96 Å². The minimum atomic E-state index is 0.559. The molecule has 4 unspecified atom stereocenters. The van der Waals surface area contributed by atoms with E-state index in [1.54, 1.807) is 0 Å². The molecule has 4 atom stereocenters. The fraction of sp³-hybridized carbons (Fsp3) is 0.933. The van der Waals surface area contributed by atoms with Crippen LogP contribution in [0.3, 0.4) is 0 Å². The van der Waals surface area contributed by atoms with Crippen molar-refractivity contribution in [1.29, 1.82) is 0 Å². The Labute approximate surface area is 117 Å². The summed E-state index contributed by atoms with van der Waals surface area (Å²) in [5.41, 5.74) is 0. The second-order valence-corrected chi connectivity index (χ2v) is 6.84. The Morgan fingerprint density at radius 1 is 1.21 bits per heavy atom. The van der Waals surface area contributed by atoms with Crippen LogP contribution < -0.4 is 10.6 Å². The van der Waals surface area contributed by atoms with Crippen molar-refractivity contribution in [3.8, 4) is 0 Å². The zero-order valence-corrected chi connectivity index (χ0v) is 12.5. The number of nitrogens with zero attached hydrogens (tertiary/aromatic N) is 2. The van der Waals surface area contributed by atoms with E-state index in [-0.39, 0.29) is 0 Å². The summed E-state index contributed by atoms with van der Waals surface area (Å²) < 4.78 is 0. The predicted molar refractivity (Wildman–Crippen MR) is 79.3 cm³/mol. The van der Waals surface area contributed by atoms with Crippen molar-refractivity contribution in [2.24, 2.45) is 22.7 Å². The van der Waals surface area contributed by atoms with E-state index < -0.39 is 0 Å². The van der Waals surface area contributed by atoms with Crippen LogP contribution in [-0.2, 0) is 0 Å². The van der Waals surface area contributed by atoms with Crippen LogP contribution >= 0.6 is 0 Å². The van der Waals surface area contributed by atoms with Gasteiger partial charge in [-0.25, -0.2) is 0 Å². The fourth-order valence-corrected chi connectivity index (χ4v) is 3.21. The maximum absolute atomic E-state index is 4.37. The second kappa shape index (κ2) is 5.31. The van der Waals surface area contributed by atoms with Crippen LogP contribution in [0.1, 0.15) is 33.1 Å². The van der Waals surface area contributed by atoms with Crippen LogP contribution in [0.25, 0.3) is 0 Å². The van der Waals surface area contributed by atoms with Gasteiger partial charge in [0.05, 0.1) is 0 Å². The van der Waals surface area contributed by atoms with Crippen molar-refractivity contribution in [2.75, 3.05) is 26.7 Å². The Morgan fingerprint density at radius 2 is 1.95 bits per heavy atom. The Balaban J connectivity index is 1.45. The molecule has 0 aromatic carbocycles. The molecule has 108 valence electrons. The number of aliphatic imine (C=N–C) groups is 1. The average Bonchev–Trinajstić information content (AvgIpc) is 3.29. The lowest BCUT2D eigenvalue weighted by molar-refractivity contribution is 0.315. The van der Waals surface area contributed by atoms with Gasteiger partial charge in [-0.05, 0) is 37.0 Å². The molecule has 19 heavy (non-hydrogen) atoms. The predicted octanol–water partition coefficient (Wildman–Crippen LogP) is 1.29. The lowest BCUT2D eigenvalue weighted by Gasteiger charge is -2.20. The molecule has 2 N–H and O–H groups in total. The summed E-state index contributed by atoms with van der Waals surface area (Å²) in [6.07, 6.45) is 4.19. The molecule has 2 saturated carbocycles. The number of likely N-dealkylation sites (tertiary alicyclic amines) is 1. The maximum atomic E-state index is 4.37. The highest BCUT2D eigenvalue weighted by Crippen LogP contribution is 2.36. The normalized spacial score (nSPS) is 39.4. The number of hydrogen-bond donors (Lipinski definition) is 2.